The molecule has 0 heterocycles. The Morgan fingerprint density at radius 1 is 1.60 bits per heavy atom. The Morgan fingerprint density at radius 3 is 1.80 bits per heavy atom. The van der Waals surface area contributed by atoms with Crippen LogP contribution in [-0.2, 0) is 0 Å². The molecule has 0 N–H and O–H groups in total. The third kappa shape index (κ3) is 3.82. The molecule has 0 saturated carbocycles. The lowest BCUT2D eigenvalue weighted by atomic mass is 10.8. The van der Waals surface area contributed by atoms with Gasteiger partial charge in [-0.1, -0.05) is 0 Å². The Bertz CT molecular complexity index is 21.6. The van der Waals surface area contributed by atoms with E-state index in [9.17, 15) is 8.96 Å². The highest BCUT2D eigenvalue weighted by Gasteiger charge is 1.85. The second-order valence-electron chi connectivity index (χ2n) is 0.619. The first-order chi connectivity index (χ1) is 2.27. The van der Waals surface area contributed by atoms with Gasteiger partial charge in [-0.15, -0.1) is 8.96 Å². The van der Waals surface area contributed by atoms with E-state index in [1.165, 1.54) is 6.92 Å². The summed E-state index contributed by atoms with van der Waals surface area (Å²) in [5.41, 5.74) is 0. The van der Waals surface area contributed by atoms with Gasteiger partial charge in [0.1, 0.15) is 0 Å². The van der Waals surface area contributed by atoms with Crippen LogP contribution in [0.2, 0.25) is 0 Å². The van der Waals surface area contributed by atoms with Crippen molar-refractivity contribution in [1.29, 1.82) is 0 Å². The Balaban J connectivity index is 2.54. The van der Waals surface area contributed by atoms with Crippen molar-refractivity contribution >= 4 is 0 Å². The van der Waals surface area contributed by atoms with Gasteiger partial charge in [0.25, 0.3) is 0 Å². The van der Waals surface area contributed by atoms with E-state index in [-0.39, 0.29) is 6.54 Å². The van der Waals surface area contributed by atoms with Gasteiger partial charge < -0.3 is 0 Å². The van der Waals surface area contributed by atoms with Gasteiger partial charge >= 0.3 is 0 Å². The summed E-state index contributed by atoms with van der Waals surface area (Å²) < 4.78 is 21.2. The Kier molecular flexibility index (Phi) is 2.01. The predicted octanol–water partition coefficient (Wildman–Crippen LogP) is 1.08. The third-order valence-electron chi connectivity index (χ3n) is 0.239. The maximum atomic E-state index is 10.6. The summed E-state index contributed by atoms with van der Waals surface area (Å²) in [5, 5.41) is -0.875. The lowest BCUT2D eigenvalue weighted by molar-refractivity contribution is -0.148. The summed E-state index contributed by atoms with van der Waals surface area (Å²) in [6, 6.07) is 0. The van der Waals surface area contributed by atoms with Crippen molar-refractivity contribution in [3.8, 4) is 0 Å². The molecule has 0 aromatic rings. The van der Waals surface area contributed by atoms with Crippen molar-refractivity contribution in [3.05, 3.63) is 0 Å². The molecule has 0 radical (unpaired) electrons. The van der Waals surface area contributed by atoms with Gasteiger partial charge in [0, 0.05) is 5.34 Å². The Labute approximate surface area is 29.1 Å². The molecule has 5 heavy (non-hydrogen) atoms. The zero-order chi connectivity index (χ0) is 4.28. The summed E-state index contributed by atoms with van der Waals surface area (Å²) in [7, 11) is 0. The molecule has 0 aromatic heterocycles. The SMILES string of the molecule is CCN(F)F. The van der Waals surface area contributed by atoms with Crippen LogP contribution in [0.15, 0.2) is 0 Å². The third-order valence-corrected chi connectivity index (χ3v) is 0.239. The van der Waals surface area contributed by atoms with Gasteiger partial charge in [0.15, 0.2) is 0 Å². The van der Waals surface area contributed by atoms with Crippen LogP contribution < -0.4 is 0 Å². The smallest absolute Gasteiger partial charge is 0.0591 e. The van der Waals surface area contributed by atoms with Gasteiger partial charge in [0.2, 0.25) is 0 Å². The second-order valence-corrected chi connectivity index (χ2v) is 0.619. The molecular weight excluding hydrogens is 76.0 g/mol. The summed E-state index contributed by atoms with van der Waals surface area (Å²) in [6.45, 7) is 1.18. The van der Waals surface area contributed by atoms with Gasteiger partial charge in [-0.05, 0) is 6.92 Å². The molecule has 0 aliphatic heterocycles. The van der Waals surface area contributed by atoms with E-state index >= 15 is 0 Å². The Hall–Kier alpha value is -0.180. The van der Waals surface area contributed by atoms with E-state index in [1.807, 2.05) is 0 Å². The monoisotopic (exact) mass is 81.0 g/mol. The van der Waals surface area contributed by atoms with Crippen molar-refractivity contribution in [1.82, 2.24) is 5.34 Å². The van der Waals surface area contributed by atoms with E-state index in [0.717, 1.165) is 0 Å². The van der Waals surface area contributed by atoms with Crippen molar-refractivity contribution in [2.75, 3.05) is 6.54 Å². The average Bonchev–Trinajstić information content (AvgIpc) is 1.38. The fourth-order valence-electron chi connectivity index (χ4n) is 0. The van der Waals surface area contributed by atoms with Crippen LogP contribution >= 0.6 is 0 Å². The largest absolute Gasteiger partial charge is 0.102 e. The molecule has 0 spiro atoms. The van der Waals surface area contributed by atoms with Gasteiger partial charge in [-0.2, -0.15) is 0 Å². The highest BCUT2D eigenvalue weighted by Crippen LogP contribution is 1.82. The molecule has 0 fully saturated rings. The predicted molar refractivity (Wildman–Crippen MR) is 14.6 cm³/mol. The van der Waals surface area contributed by atoms with Crippen molar-refractivity contribution in [2.24, 2.45) is 0 Å². The van der Waals surface area contributed by atoms with E-state index in [0.29, 0.717) is 0 Å². The molecule has 0 aliphatic carbocycles. The highest BCUT2D eigenvalue weighted by atomic mass is 19.4. The first-order valence-corrected chi connectivity index (χ1v) is 1.36. The normalized spacial score (nSPS) is 9.60. The van der Waals surface area contributed by atoms with E-state index in [4.69, 9.17) is 0 Å². The topological polar surface area (TPSA) is 3.24 Å². The zero-order valence-electron chi connectivity index (χ0n) is 2.91. The van der Waals surface area contributed by atoms with Crippen LogP contribution in [0.5, 0.6) is 0 Å². The van der Waals surface area contributed by atoms with Crippen LogP contribution in [0.25, 0.3) is 0 Å². The van der Waals surface area contributed by atoms with Gasteiger partial charge in [-0.25, -0.2) is 0 Å². The summed E-state index contributed by atoms with van der Waals surface area (Å²) >= 11 is 0. The standard InChI is InChI=1S/C2H5F2N/c1-2-5(3)4/h2H2,1H3. The molecule has 0 atom stereocenters. The minimum absolute atomic E-state index is 0.194. The number of hydrogen-bond acceptors (Lipinski definition) is 1. The first kappa shape index (κ1) is 4.82. The number of hydrogen-bond donors (Lipinski definition) is 0. The average molecular weight is 81.1 g/mol. The van der Waals surface area contributed by atoms with Crippen molar-refractivity contribution in [3.63, 3.8) is 0 Å². The fraction of sp³-hybridized carbons (Fsp3) is 1.00. The minimum Gasteiger partial charge on any atom is -0.102 e. The van der Waals surface area contributed by atoms with Crippen molar-refractivity contribution in [2.45, 2.75) is 6.92 Å². The van der Waals surface area contributed by atoms with Crippen LogP contribution in [0.1, 0.15) is 6.92 Å². The van der Waals surface area contributed by atoms with Crippen LogP contribution in [0.3, 0.4) is 0 Å². The molecular formula is C2H5F2N. The molecule has 0 bridgehead atoms. The summed E-state index contributed by atoms with van der Waals surface area (Å²) in [5.74, 6) is 0. The maximum absolute atomic E-state index is 10.6. The lowest BCUT2D eigenvalue weighted by Gasteiger charge is -1.85. The molecule has 0 amide bonds. The highest BCUT2D eigenvalue weighted by molar-refractivity contribution is 4.05. The molecule has 32 valence electrons. The quantitative estimate of drug-likeness (QED) is 0.427. The zero-order valence-corrected chi connectivity index (χ0v) is 2.91. The fourth-order valence-corrected chi connectivity index (χ4v) is 0. The molecule has 0 unspecified atom stereocenters. The van der Waals surface area contributed by atoms with E-state index in [2.05, 4.69) is 0 Å². The van der Waals surface area contributed by atoms with E-state index < -0.39 is 5.34 Å². The second kappa shape index (κ2) is 2.08. The van der Waals surface area contributed by atoms with Crippen LogP contribution in [0.4, 0.5) is 8.96 Å². The maximum Gasteiger partial charge on any atom is 0.0591 e. The molecule has 0 aliphatic rings. The number of nitrogens with zero attached hydrogens (tertiary/aromatic N) is 1. The summed E-state index contributed by atoms with van der Waals surface area (Å²) in [6.07, 6.45) is 0. The van der Waals surface area contributed by atoms with Crippen molar-refractivity contribution < 1.29 is 8.96 Å². The lowest BCUT2D eigenvalue weighted by Crippen LogP contribution is -1.95. The van der Waals surface area contributed by atoms with Gasteiger partial charge in [-0.3, -0.25) is 0 Å². The molecule has 0 rings (SSSR count). The summed E-state index contributed by atoms with van der Waals surface area (Å²) in [4.78, 5) is 0. The Morgan fingerprint density at radius 2 is 1.80 bits per heavy atom. The van der Waals surface area contributed by atoms with E-state index in [1.54, 1.807) is 0 Å². The van der Waals surface area contributed by atoms with Gasteiger partial charge in [0.05, 0.1) is 6.54 Å². The molecule has 3 heteroatoms. The van der Waals surface area contributed by atoms with Crippen LogP contribution in [-0.4, -0.2) is 11.9 Å². The molecule has 0 saturated heterocycles. The first-order valence-electron chi connectivity index (χ1n) is 1.36. The number of halogens is 2. The number of rotatable bonds is 1. The molecule has 1 nitrogen and oxygen atoms in total. The minimum atomic E-state index is -0.875. The van der Waals surface area contributed by atoms with Crippen LogP contribution in [0, 0.1) is 0 Å². The molecule has 0 aromatic carbocycles.